The number of nitrogens with one attached hydrogen (secondary N) is 1. The number of nitrogens with zero attached hydrogens (tertiary/aromatic N) is 3. The highest BCUT2D eigenvalue weighted by atomic mass is 16.2. The molecule has 0 saturated carbocycles. The molecule has 1 aliphatic rings. The van der Waals surface area contributed by atoms with Gasteiger partial charge in [-0.05, 0) is 40.8 Å². The first kappa shape index (κ1) is 17.8. The minimum absolute atomic E-state index is 0.0609. The van der Waals surface area contributed by atoms with E-state index in [0.29, 0.717) is 26.2 Å². The first-order valence-electron chi connectivity index (χ1n) is 7.95. The average molecular weight is 298 g/mol. The summed E-state index contributed by atoms with van der Waals surface area (Å²) in [5.74, 6) is 0.00863. The van der Waals surface area contributed by atoms with Gasteiger partial charge in [0.25, 0.3) is 0 Å². The first-order valence-corrected chi connectivity index (χ1v) is 7.95. The van der Waals surface area contributed by atoms with Crippen LogP contribution in [-0.2, 0) is 4.79 Å². The van der Waals surface area contributed by atoms with Gasteiger partial charge in [-0.3, -0.25) is 4.79 Å². The Bertz CT molecular complexity index is 343. The van der Waals surface area contributed by atoms with Crippen molar-refractivity contribution in [3.8, 4) is 0 Å². The second-order valence-corrected chi connectivity index (χ2v) is 5.83. The van der Waals surface area contributed by atoms with Crippen LogP contribution in [0.3, 0.4) is 0 Å². The molecular formula is C15H30N4O2. The van der Waals surface area contributed by atoms with E-state index in [-0.39, 0.29) is 17.9 Å². The third kappa shape index (κ3) is 5.53. The number of carbonyl (C=O) groups excluding carboxylic acids is 2. The summed E-state index contributed by atoms with van der Waals surface area (Å²) in [6.07, 6.45) is 1.77. The molecule has 1 aliphatic heterocycles. The third-order valence-electron chi connectivity index (χ3n) is 3.95. The highest BCUT2D eigenvalue weighted by molar-refractivity contribution is 5.80. The Morgan fingerprint density at radius 3 is 2.48 bits per heavy atom. The van der Waals surface area contributed by atoms with E-state index in [2.05, 4.69) is 5.32 Å². The number of likely N-dealkylation sites (tertiary alicyclic amines) is 1. The van der Waals surface area contributed by atoms with Gasteiger partial charge in [-0.15, -0.1) is 0 Å². The molecular weight excluding hydrogens is 268 g/mol. The van der Waals surface area contributed by atoms with E-state index in [1.807, 2.05) is 42.6 Å². The van der Waals surface area contributed by atoms with Crippen LogP contribution in [0.4, 0.5) is 4.79 Å². The highest BCUT2D eigenvalue weighted by Gasteiger charge is 2.29. The van der Waals surface area contributed by atoms with Crippen molar-refractivity contribution in [3.63, 3.8) is 0 Å². The maximum Gasteiger partial charge on any atom is 0.320 e. The van der Waals surface area contributed by atoms with Gasteiger partial charge in [0, 0.05) is 39.3 Å². The molecule has 0 spiro atoms. The summed E-state index contributed by atoms with van der Waals surface area (Å²) in [5, 5.41) is 2.97. The van der Waals surface area contributed by atoms with Crippen molar-refractivity contribution in [1.82, 2.24) is 20.0 Å². The van der Waals surface area contributed by atoms with Gasteiger partial charge in [0.15, 0.2) is 0 Å². The lowest BCUT2D eigenvalue weighted by atomic mass is 9.97. The van der Waals surface area contributed by atoms with Crippen molar-refractivity contribution in [1.29, 1.82) is 0 Å². The Kier molecular flexibility index (Phi) is 7.50. The van der Waals surface area contributed by atoms with E-state index in [4.69, 9.17) is 0 Å². The molecule has 1 unspecified atom stereocenters. The van der Waals surface area contributed by atoms with Crippen LogP contribution >= 0.6 is 0 Å². The molecule has 3 amide bonds. The topological polar surface area (TPSA) is 55.9 Å². The second-order valence-electron chi connectivity index (χ2n) is 5.83. The summed E-state index contributed by atoms with van der Waals surface area (Å²) in [7, 11) is 3.97. The molecule has 1 fully saturated rings. The van der Waals surface area contributed by atoms with E-state index >= 15 is 0 Å². The summed E-state index contributed by atoms with van der Waals surface area (Å²) in [5.41, 5.74) is 0. The van der Waals surface area contributed by atoms with Crippen LogP contribution in [0.2, 0.25) is 0 Å². The SMILES string of the molecule is CCN(CC)C(=O)N1CCCC(C(=O)NCCN(C)C)C1. The van der Waals surface area contributed by atoms with Gasteiger partial charge in [-0.2, -0.15) is 0 Å². The zero-order valence-corrected chi connectivity index (χ0v) is 13.9. The third-order valence-corrected chi connectivity index (χ3v) is 3.95. The largest absolute Gasteiger partial charge is 0.355 e. The van der Waals surface area contributed by atoms with Crippen LogP contribution in [0.5, 0.6) is 0 Å². The van der Waals surface area contributed by atoms with E-state index in [9.17, 15) is 9.59 Å². The van der Waals surface area contributed by atoms with Crippen molar-refractivity contribution >= 4 is 11.9 Å². The first-order chi connectivity index (χ1) is 9.99. The number of rotatable bonds is 6. The fourth-order valence-corrected chi connectivity index (χ4v) is 2.61. The molecule has 0 aromatic heterocycles. The number of urea groups is 1. The molecule has 6 heteroatoms. The summed E-state index contributed by atoms with van der Waals surface area (Å²) < 4.78 is 0. The quantitative estimate of drug-likeness (QED) is 0.790. The molecule has 0 aliphatic carbocycles. The zero-order valence-electron chi connectivity index (χ0n) is 13.9. The van der Waals surface area contributed by atoms with E-state index < -0.39 is 0 Å². The molecule has 0 bridgehead atoms. The lowest BCUT2D eigenvalue weighted by Gasteiger charge is -2.35. The van der Waals surface area contributed by atoms with Gasteiger partial charge in [-0.25, -0.2) is 4.79 Å². The van der Waals surface area contributed by atoms with Gasteiger partial charge < -0.3 is 20.0 Å². The minimum atomic E-state index is -0.0691. The molecule has 6 nitrogen and oxygen atoms in total. The number of likely N-dealkylation sites (N-methyl/N-ethyl adjacent to an activating group) is 1. The number of hydrogen-bond acceptors (Lipinski definition) is 3. The lowest BCUT2D eigenvalue weighted by molar-refractivity contribution is -0.126. The number of hydrogen-bond donors (Lipinski definition) is 1. The van der Waals surface area contributed by atoms with Crippen molar-refractivity contribution < 1.29 is 9.59 Å². The zero-order chi connectivity index (χ0) is 15.8. The summed E-state index contributed by atoms with van der Waals surface area (Å²) >= 11 is 0. The highest BCUT2D eigenvalue weighted by Crippen LogP contribution is 2.18. The predicted octanol–water partition coefficient (Wildman–Crippen LogP) is 0.838. The number of carbonyl (C=O) groups is 2. The number of amides is 3. The van der Waals surface area contributed by atoms with Gasteiger partial charge in [0.1, 0.15) is 0 Å². The van der Waals surface area contributed by atoms with Crippen LogP contribution in [0.1, 0.15) is 26.7 Å². The molecule has 0 aromatic carbocycles. The van der Waals surface area contributed by atoms with Crippen molar-refractivity contribution in [3.05, 3.63) is 0 Å². The van der Waals surface area contributed by atoms with Gasteiger partial charge in [0.2, 0.25) is 5.91 Å². The standard InChI is InChI=1S/C15H30N4O2/c1-5-18(6-2)15(21)19-10-7-8-13(12-19)14(20)16-9-11-17(3)4/h13H,5-12H2,1-4H3,(H,16,20). The van der Waals surface area contributed by atoms with E-state index in [1.54, 1.807) is 0 Å². The van der Waals surface area contributed by atoms with Crippen LogP contribution < -0.4 is 5.32 Å². The monoisotopic (exact) mass is 298 g/mol. The van der Waals surface area contributed by atoms with Crippen molar-refractivity contribution in [2.24, 2.45) is 5.92 Å². The Balaban J connectivity index is 2.47. The summed E-state index contributed by atoms with van der Waals surface area (Å²) in [6.45, 7) is 8.19. The molecule has 21 heavy (non-hydrogen) atoms. The van der Waals surface area contributed by atoms with Gasteiger partial charge in [-0.1, -0.05) is 0 Å². The Labute approximate surface area is 128 Å². The molecule has 0 aromatic rings. The van der Waals surface area contributed by atoms with Crippen molar-refractivity contribution in [2.45, 2.75) is 26.7 Å². The fourth-order valence-electron chi connectivity index (χ4n) is 2.61. The number of piperidine rings is 1. The molecule has 1 saturated heterocycles. The Hall–Kier alpha value is -1.30. The maximum atomic E-state index is 12.3. The Morgan fingerprint density at radius 1 is 1.24 bits per heavy atom. The predicted molar refractivity (Wildman–Crippen MR) is 84.2 cm³/mol. The smallest absolute Gasteiger partial charge is 0.320 e. The summed E-state index contributed by atoms with van der Waals surface area (Å²) in [4.78, 5) is 30.2. The summed E-state index contributed by atoms with van der Waals surface area (Å²) in [6, 6.07) is 0.0609. The van der Waals surface area contributed by atoms with E-state index in [1.165, 1.54) is 0 Å². The van der Waals surface area contributed by atoms with Crippen LogP contribution in [-0.4, -0.2) is 80.0 Å². The second kappa shape index (κ2) is 8.87. The molecule has 1 N–H and O–H groups in total. The van der Waals surface area contributed by atoms with Crippen LogP contribution in [0.25, 0.3) is 0 Å². The molecule has 1 atom stereocenters. The van der Waals surface area contributed by atoms with Crippen molar-refractivity contribution in [2.75, 3.05) is 53.4 Å². The minimum Gasteiger partial charge on any atom is -0.355 e. The van der Waals surface area contributed by atoms with Gasteiger partial charge in [0.05, 0.1) is 5.92 Å². The Morgan fingerprint density at radius 2 is 1.90 bits per heavy atom. The molecule has 1 rings (SSSR count). The normalized spacial score (nSPS) is 18.7. The fraction of sp³-hybridized carbons (Fsp3) is 0.867. The average Bonchev–Trinajstić information content (AvgIpc) is 2.48. The van der Waals surface area contributed by atoms with Crippen LogP contribution in [0.15, 0.2) is 0 Å². The molecule has 0 radical (unpaired) electrons. The maximum absolute atomic E-state index is 12.3. The molecule has 122 valence electrons. The van der Waals surface area contributed by atoms with Gasteiger partial charge >= 0.3 is 6.03 Å². The van der Waals surface area contributed by atoms with Crippen LogP contribution in [0, 0.1) is 5.92 Å². The molecule has 1 heterocycles. The van der Waals surface area contributed by atoms with E-state index in [0.717, 1.165) is 25.9 Å². The lowest BCUT2D eigenvalue weighted by Crippen LogP contribution is -2.50.